The molecule has 0 spiro atoms. The topological polar surface area (TPSA) is 81.6 Å². The minimum Gasteiger partial charge on any atom is -0.508 e. The number of aryl methyl sites for hydroxylation is 1. The molecule has 0 aliphatic heterocycles. The first kappa shape index (κ1) is 18.3. The van der Waals surface area contributed by atoms with E-state index in [9.17, 15) is 15.0 Å². The molecule has 5 nitrogen and oxygen atoms in total. The maximum atomic E-state index is 12.0. The summed E-state index contributed by atoms with van der Waals surface area (Å²) < 4.78 is 0. The Bertz CT molecular complexity index is 639. The number of benzene rings is 1. The summed E-state index contributed by atoms with van der Waals surface area (Å²) in [5, 5.41) is 27.1. The fourth-order valence-electron chi connectivity index (χ4n) is 2.32. The van der Waals surface area contributed by atoms with E-state index in [0.29, 0.717) is 0 Å². The number of hydrogen-bond donors (Lipinski definition) is 4. The maximum absolute atomic E-state index is 12.0. The van der Waals surface area contributed by atoms with Crippen molar-refractivity contribution in [1.29, 1.82) is 0 Å². The first-order valence-corrected chi connectivity index (χ1v) is 8.83. The van der Waals surface area contributed by atoms with Crippen LogP contribution in [0.15, 0.2) is 41.8 Å². The first-order chi connectivity index (χ1) is 11.4. The molecule has 2 atom stereocenters. The van der Waals surface area contributed by atoms with Gasteiger partial charge in [-0.05, 0) is 55.8 Å². The Hall–Kier alpha value is -2.05. The number of phenols is 1. The predicted octanol–water partition coefficient (Wildman–Crippen LogP) is 2.98. The smallest absolute Gasteiger partial charge is 0.315 e. The summed E-state index contributed by atoms with van der Waals surface area (Å²) in [5.41, 5.74) is 0.0447. The van der Waals surface area contributed by atoms with Crippen LogP contribution in [-0.4, -0.2) is 28.8 Å². The Morgan fingerprint density at radius 3 is 2.62 bits per heavy atom. The van der Waals surface area contributed by atoms with Crippen LogP contribution in [0.4, 0.5) is 4.79 Å². The van der Waals surface area contributed by atoms with Crippen LogP contribution in [0.25, 0.3) is 0 Å². The Balaban J connectivity index is 1.72. The highest BCUT2D eigenvalue weighted by Crippen LogP contribution is 2.24. The number of thiophene rings is 1. The van der Waals surface area contributed by atoms with Gasteiger partial charge in [0, 0.05) is 10.9 Å². The number of carbonyl (C=O) groups excluding carboxylic acids is 1. The van der Waals surface area contributed by atoms with Gasteiger partial charge in [-0.3, -0.25) is 0 Å². The van der Waals surface area contributed by atoms with Gasteiger partial charge in [0.1, 0.15) is 11.4 Å². The lowest BCUT2D eigenvalue weighted by Gasteiger charge is -2.23. The zero-order chi connectivity index (χ0) is 17.6. The number of carbonyl (C=O) groups is 1. The zero-order valence-electron chi connectivity index (χ0n) is 14.0. The Labute approximate surface area is 146 Å². The molecule has 0 bridgehead atoms. The van der Waals surface area contributed by atoms with E-state index in [0.717, 1.165) is 23.3 Å². The summed E-state index contributed by atoms with van der Waals surface area (Å²) in [5.74, 6) is 0.252. The SMILES string of the molecule is CC(CCc1ccc(O)cc1)NC(=O)NCC(C)(O)c1cccs1. The second kappa shape index (κ2) is 8.17. The van der Waals surface area contributed by atoms with Crippen LogP contribution in [0.2, 0.25) is 0 Å². The highest BCUT2D eigenvalue weighted by Gasteiger charge is 2.24. The summed E-state index contributed by atoms with van der Waals surface area (Å²) in [6.45, 7) is 3.79. The van der Waals surface area contributed by atoms with Crippen molar-refractivity contribution in [3.63, 3.8) is 0 Å². The predicted molar refractivity (Wildman–Crippen MR) is 96.3 cm³/mol. The molecule has 130 valence electrons. The quantitative estimate of drug-likeness (QED) is 0.621. The maximum Gasteiger partial charge on any atom is 0.315 e. The van der Waals surface area contributed by atoms with E-state index in [4.69, 9.17) is 0 Å². The number of aromatic hydroxyl groups is 1. The Morgan fingerprint density at radius 1 is 1.29 bits per heavy atom. The van der Waals surface area contributed by atoms with Gasteiger partial charge in [-0.15, -0.1) is 11.3 Å². The fraction of sp³-hybridized carbons (Fsp3) is 0.389. The molecule has 0 fully saturated rings. The van der Waals surface area contributed by atoms with Crippen molar-refractivity contribution in [2.45, 2.75) is 38.3 Å². The molecule has 0 saturated carbocycles. The van der Waals surface area contributed by atoms with Crippen LogP contribution in [0.5, 0.6) is 5.75 Å². The molecule has 1 aromatic carbocycles. The molecule has 2 unspecified atom stereocenters. The van der Waals surface area contributed by atoms with Gasteiger partial charge >= 0.3 is 6.03 Å². The number of hydrogen-bond acceptors (Lipinski definition) is 4. The van der Waals surface area contributed by atoms with Crippen molar-refractivity contribution >= 4 is 17.4 Å². The summed E-state index contributed by atoms with van der Waals surface area (Å²) >= 11 is 1.46. The van der Waals surface area contributed by atoms with E-state index in [1.165, 1.54) is 11.3 Å². The molecule has 6 heteroatoms. The average Bonchev–Trinajstić information content (AvgIpc) is 3.08. The number of aliphatic hydroxyl groups is 1. The minimum absolute atomic E-state index is 0.00508. The molecule has 0 saturated heterocycles. The third-order valence-electron chi connectivity index (χ3n) is 3.83. The van der Waals surface area contributed by atoms with Gasteiger partial charge in [-0.25, -0.2) is 4.79 Å². The van der Waals surface area contributed by atoms with Crippen LogP contribution < -0.4 is 10.6 Å². The minimum atomic E-state index is -1.07. The van der Waals surface area contributed by atoms with E-state index in [1.54, 1.807) is 19.1 Å². The van der Waals surface area contributed by atoms with Crippen molar-refractivity contribution in [2.24, 2.45) is 0 Å². The number of nitrogens with one attached hydrogen (secondary N) is 2. The van der Waals surface area contributed by atoms with Crippen molar-refractivity contribution in [3.05, 3.63) is 52.2 Å². The molecule has 0 radical (unpaired) electrons. The van der Waals surface area contributed by atoms with E-state index in [-0.39, 0.29) is 24.4 Å². The van der Waals surface area contributed by atoms with Crippen molar-refractivity contribution in [2.75, 3.05) is 6.54 Å². The van der Waals surface area contributed by atoms with Gasteiger partial charge in [0.25, 0.3) is 0 Å². The molecule has 1 aromatic heterocycles. The highest BCUT2D eigenvalue weighted by atomic mass is 32.1. The first-order valence-electron chi connectivity index (χ1n) is 7.95. The Morgan fingerprint density at radius 2 is 2.00 bits per heavy atom. The molecular weight excluding hydrogens is 324 g/mol. The normalized spacial score (nSPS) is 14.6. The lowest BCUT2D eigenvalue weighted by molar-refractivity contribution is 0.0630. The van der Waals surface area contributed by atoms with E-state index < -0.39 is 5.60 Å². The van der Waals surface area contributed by atoms with Crippen LogP contribution in [0, 0.1) is 0 Å². The molecule has 2 rings (SSSR count). The van der Waals surface area contributed by atoms with Crippen LogP contribution >= 0.6 is 11.3 Å². The van der Waals surface area contributed by atoms with E-state index in [1.807, 2.05) is 36.6 Å². The summed E-state index contributed by atoms with van der Waals surface area (Å²) in [7, 11) is 0. The second-order valence-electron chi connectivity index (χ2n) is 6.18. The van der Waals surface area contributed by atoms with Gasteiger partial charge < -0.3 is 20.8 Å². The van der Waals surface area contributed by atoms with Crippen LogP contribution in [-0.2, 0) is 12.0 Å². The summed E-state index contributed by atoms with van der Waals surface area (Å²) in [6, 6.07) is 10.5. The highest BCUT2D eigenvalue weighted by molar-refractivity contribution is 7.10. The van der Waals surface area contributed by atoms with E-state index >= 15 is 0 Å². The molecule has 24 heavy (non-hydrogen) atoms. The molecule has 0 aliphatic carbocycles. The van der Waals surface area contributed by atoms with Gasteiger partial charge in [0.15, 0.2) is 0 Å². The van der Waals surface area contributed by atoms with E-state index in [2.05, 4.69) is 10.6 Å². The van der Waals surface area contributed by atoms with Gasteiger partial charge in [-0.1, -0.05) is 18.2 Å². The number of amides is 2. The fourth-order valence-corrected chi connectivity index (χ4v) is 3.10. The van der Waals surface area contributed by atoms with Gasteiger partial charge in [0.05, 0.1) is 6.54 Å². The third kappa shape index (κ3) is 5.54. The van der Waals surface area contributed by atoms with Gasteiger partial charge in [0.2, 0.25) is 0 Å². The molecule has 1 heterocycles. The number of rotatable bonds is 7. The Kier molecular flexibility index (Phi) is 6.23. The molecule has 2 amide bonds. The summed E-state index contributed by atoms with van der Waals surface area (Å²) in [6.07, 6.45) is 1.61. The zero-order valence-corrected chi connectivity index (χ0v) is 14.8. The molecular formula is C18H24N2O3S. The standard InChI is InChI=1S/C18H24N2O3S/c1-13(5-6-14-7-9-15(21)10-8-14)20-17(22)19-12-18(2,23)16-4-3-11-24-16/h3-4,7-11,13,21,23H,5-6,12H2,1-2H3,(H2,19,20,22). The molecule has 4 N–H and O–H groups in total. The monoisotopic (exact) mass is 348 g/mol. The van der Waals surface area contributed by atoms with Crippen molar-refractivity contribution < 1.29 is 15.0 Å². The van der Waals surface area contributed by atoms with Gasteiger partial charge in [-0.2, -0.15) is 0 Å². The molecule has 0 aliphatic rings. The second-order valence-corrected chi connectivity index (χ2v) is 7.13. The van der Waals surface area contributed by atoms with Crippen LogP contribution in [0.1, 0.15) is 30.7 Å². The third-order valence-corrected chi connectivity index (χ3v) is 4.95. The van der Waals surface area contributed by atoms with Crippen molar-refractivity contribution in [3.8, 4) is 5.75 Å². The largest absolute Gasteiger partial charge is 0.508 e. The lowest BCUT2D eigenvalue weighted by Crippen LogP contribution is -2.46. The molecule has 2 aromatic rings. The summed E-state index contributed by atoms with van der Waals surface area (Å²) in [4.78, 5) is 12.8. The number of phenolic OH excluding ortho intramolecular Hbond substituents is 1. The average molecular weight is 348 g/mol. The lowest BCUT2D eigenvalue weighted by atomic mass is 10.1. The van der Waals surface area contributed by atoms with Crippen molar-refractivity contribution in [1.82, 2.24) is 10.6 Å². The van der Waals surface area contributed by atoms with Crippen LogP contribution in [0.3, 0.4) is 0 Å². The number of urea groups is 1.